The number of nitrogens with one attached hydrogen (secondary N) is 3. The van der Waals surface area contributed by atoms with E-state index in [9.17, 15) is 18.8 Å². The zero-order valence-electron chi connectivity index (χ0n) is 21.0. The van der Waals surface area contributed by atoms with Gasteiger partial charge in [-0.3, -0.25) is 14.4 Å². The fraction of sp³-hybridized carbons (Fsp3) is 0.148. The molecule has 7 rings (SSSR count). The van der Waals surface area contributed by atoms with Gasteiger partial charge in [-0.05, 0) is 42.8 Å². The summed E-state index contributed by atoms with van der Waals surface area (Å²) in [6.07, 6.45) is 2.67. The Bertz CT molecular complexity index is 1860. The van der Waals surface area contributed by atoms with Gasteiger partial charge in [-0.15, -0.1) is 0 Å². The second-order valence-electron chi connectivity index (χ2n) is 9.61. The third kappa shape index (κ3) is 3.33. The number of hydrogen-bond donors (Lipinski definition) is 3. The molecular formula is C27H20FN9O3. The third-order valence-electron chi connectivity index (χ3n) is 7.27. The molecule has 13 heteroatoms. The van der Waals surface area contributed by atoms with Crippen LogP contribution in [0.25, 0.3) is 17.0 Å². The Morgan fingerprint density at radius 2 is 1.90 bits per heavy atom. The summed E-state index contributed by atoms with van der Waals surface area (Å²) in [5.41, 5.74) is 2.08. The minimum atomic E-state index is -1.41. The van der Waals surface area contributed by atoms with Crippen molar-refractivity contribution in [3.63, 3.8) is 0 Å². The monoisotopic (exact) mass is 537 g/mol. The lowest BCUT2D eigenvalue weighted by molar-refractivity contribution is -0.127. The quantitative estimate of drug-likeness (QED) is 0.319. The zero-order chi connectivity index (χ0) is 27.6. The lowest BCUT2D eigenvalue weighted by Gasteiger charge is -2.33. The van der Waals surface area contributed by atoms with Crippen LogP contribution >= 0.6 is 0 Å². The first-order valence-corrected chi connectivity index (χ1v) is 12.4. The van der Waals surface area contributed by atoms with E-state index in [0.717, 1.165) is 0 Å². The van der Waals surface area contributed by atoms with Crippen LogP contribution in [0.5, 0.6) is 0 Å². The number of rotatable bonds is 4. The summed E-state index contributed by atoms with van der Waals surface area (Å²) in [4.78, 5) is 57.7. The van der Waals surface area contributed by atoms with Crippen molar-refractivity contribution in [1.82, 2.24) is 29.7 Å². The van der Waals surface area contributed by atoms with E-state index in [-0.39, 0.29) is 18.9 Å². The summed E-state index contributed by atoms with van der Waals surface area (Å²) >= 11 is 0. The highest BCUT2D eigenvalue weighted by Gasteiger charge is 2.58. The van der Waals surface area contributed by atoms with E-state index < -0.39 is 23.0 Å². The number of fused-ring (bicyclic) bond motifs is 5. The average molecular weight is 538 g/mol. The summed E-state index contributed by atoms with van der Waals surface area (Å²) in [6, 6.07) is 12.4. The Hall–Kier alpha value is -5.46. The number of benzene rings is 2. The number of halogens is 1. The fourth-order valence-electron chi connectivity index (χ4n) is 5.70. The van der Waals surface area contributed by atoms with Gasteiger partial charge < -0.3 is 20.5 Å². The molecule has 40 heavy (non-hydrogen) atoms. The van der Waals surface area contributed by atoms with Gasteiger partial charge in [0, 0.05) is 23.4 Å². The summed E-state index contributed by atoms with van der Waals surface area (Å²) < 4.78 is 14.8. The number of nitrogens with zero attached hydrogens (tertiary/aromatic N) is 6. The highest BCUT2D eigenvalue weighted by molar-refractivity contribution is 6.18. The van der Waals surface area contributed by atoms with Crippen LogP contribution in [0.15, 0.2) is 61.2 Å². The molecule has 3 amide bonds. The fourth-order valence-corrected chi connectivity index (χ4v) is 5.70. The van der Waals surface area contributed by atoms with Crippen LogP contribution in [0, 0.1) is 12.7 Å². The molecule has 0 radical (unpaired) electrons. The smallest absolute Gasteiger partial charge is 0.244 e. The van der Waals surface area contributed by atoms with Gasteiger partial charge in [0.05, 0.1) is 12.0 Å². The van der Waals surface area contributed by atoms with Crippen molar-refractivity contribution in [2.45, 2.75) is 18.8 Å². The predicted molar refractivity (Wildman–Crippen MR) is 141 cm³/mol. The first-order chi connectivity index (χ1) is 19.4. The maximum Gasteiger partial charge on any atom is 0.244 e. The predicted octanol–water partition coefficient (Wildman–Crippen LogP) is 2.60. The lowest BCUT2D eigenvalue weighted by atomic mass is 9.70. The van der Waals surface area contributed by atoms with Gasteiger partial charge in [0.15, 0.2) is 11.5 Å². The van der Waals surface area contributed by atoms with Crippen LogP contribution in [-0.4, -0.2) is 54.0 Å². The van der Waals surface area contributed by atoms with Gasteiger partial charge in [-0.25, -0.2) is 19.3 Å². The van der Waals surface area contributed by atoms with E-state index in [1.165, 1.54) is 46.5 Å². The zero-order valence-corrected chi connectivity index (χ0v) is 21.0. The van der Waals surface area contributed by atoms with Crippen molar-refractivity contribution in [3.05, 3.63) is 83.8 Å². The number of hydrogen-bond acceptors (Lipinski definition) is 7. The summed E-state index contributed by atoms with van der Waals surface area (Å²) in [6.45, 7) is 1.46. The molecule has 3 N–H and O–H groups in total. The SMILES string of the molecule is Cc1nn(-c2ncnc3nc[nH]c23)c2c1[C@]1(CC(=O)N2)C(=O)N(CC(=O)Nc2ccc(F)cc2)c2ccccc21. The molecule has 0 saturated carbocycles. The van der Waals surface area contributed by atoms with Gasteiger partial charge in [0.2, 0.25) is 17.7 Å². The van der Waals surface area contributed by atoms with Crippen molar-refractivity contribution >= 4 is 46.1 Å². The number of aromatic nitrogens is 6. The topological polar surface area (TPSA) is 151 Å². The highest BCUT2D eigenvalue weighted by Crippen LogP contribution is 2.53. The minimum absolute atomic E-state index is 0.165. The Kier molecular flexibility index (Phi) is 5.04. The van der Waals surface area contributed by atoms with E-state index >= 15 is 0 Å². The van der Waals surface area contributed by atoms with Crippen LogP contribution in [0.4, 0.5) is 21.6 Å². The van der Waals surface area contributed by atoms with Crippen LogP contribution in [0.1, 0.15) is 23.2 Å². The van der Waals surface area contributed by atoms with Crippen molar-refractivity contribution in [1.29, 1.82) is 0 Å². The van der Waals surface area contributed by atoms with Crippen LogP contribution in [-0.2, 0) is 19.8 Å². The molecule has 2 aliphatic heterocycles. The second-order valence-corrected chi connectivity index (χ2v) is 9.61. The van der Waals surface area contributed by atoms with Gasteiger partial charge in [-0.2, -0.15) is 9.78 Å². The number of amides is 3. The Morgan fingerprint density at radius 3 is 2.73 bits per heavy atom. The molecule has 2 aliphatic rings. The molecule has 5 aromatic rings. The van der Waals surface area contributed by atoms with E-state index in [4.69, 9.17) is 0 Å². The maximum atomic E-state index is 14.4. The molecule has 0 aliphatic carbocycles. The summed E-state index contributed by atoms with van der Waals surface area (Å²) in [5, 5.41) is 10.3. The number of aryl methyl sites for hydroxylation is 1. The third-order valence-corrected chi connectivity index (χ3v) is 7.27. The molecule has 5 heterocycles. The normalized spacial score (nSPS) is 17.7. The Balaban J connectivity index is 1.34. The molecule has 3 aromatic heterocycles. The number of aromatic amines is 1. The maximum absolute atomic E-state index is 14.4. The molecule has 0 unspecified atom stereocenters. The Morgan fingerprint density at radius 1 is 1.10 bits per heavy atom. The van der Waals surface area contributed by atoms with Gasteiger partial charge in [0.1, 0.15) is 35.4 Å². The van der Waals surface area contributed by atoms with Crippen molar-refractivity contribution in [3.8, 4) is 5.82 Å². The molecular weight excluding hydrogens is 517 g/mol. The molecule has 1 atom stereocenters. The highest BCUT2D eigenvalue weighted by atomic mass is 19.1. The largest absolute Gasteiger partial charge is 0.340 e. The summed E-state index contributed by atoms with van der Waals surface area (Å²) in [7, 11) is 0. The minimum Gasteiger partial charge on any atom is -0.340 e. The standard InChI is InChI=1S/C27H20FN9O3/c1-14-21-24(37(35-14)25-22-23(30-12-29-22)31-13-32-25)34-19(38)10-27(21)17-4-2-3-5-18(17)36(26(27)40)11-20(39)33-16-8-6-15(28)7-9-16/h2-9,12-13H,10-11H2,1H3,(H,33,39)(H,34,38)(H,29,30,31,32)/t27-/m1/s1. The first kappa shape index (κ1) is 23.6. The van der Waals surface area contributed by atoms with Crippen LogP contribution in [0.2, 0.25) is 0 Å². The molecule has 0 fully saturated rings. The van der Waals surface area contributed by atoms with Gasteiger partial charge in [-0.1, -0.05) is 18.2 Å². The van der Waals surface area contributed by atoms with Crippen LogP contribution in [0.3, 0.4) is 0 Å². The number of carbonyl (C=O) groups excluding carboxylic acids is 3. The van der Waals surface area contributed by atoms with Crippen molar-refractivity contribution < 1.29 is 18.8 Å². The number of H-pyrrole nitrogens is 1. The van der Waals surface area contributed by atoms with E-state index in [0.29, 0.717) is 51.0 Å². The molecule has 198 valence electrons. The molecule has 0 bridgehead atoms. The molecule has 2 aromatic carbocycles. The van der Waals surface area contributed by atoms with E-state index in [2.05, 4.69) is 35.7 Å². The number of carbonyl (C=O) groups is 3. The number of imidazole rings is 1. The van der Waals surface area contributed by atoms with Crippen molar-refractivity contribution in [2.24, 2.45) is 0 Å². The molecule has 0 saturated heterocycles. The van der Waals surface area contributed by atoms with Gasteiger partial charge in [0.25, 0.3) is 0 Å². The van der Waals surface area contributed by atoms with E-state index in [1.807, 2.05) is 0 Å². The molecule has 1 spiro atoms. The summed E-state index contributed by atoms with van der Waals surface area (Å²) in [5.74, 6) is -1.04. The lowest BCUT2D eigenvalue weighted by Crippen LogP contribution is -2.48. The number of para-hydroxylation sites is 1. The van der Waals surface area contributed by atoms with E-state index in [1.54, 1.807) is 31.2 Å². The Labute approximate surface area is 225 Å². The average Bonchev–Trinajstić information content (AvgIpc) is 3.61. The van der Waals surface area contributed by atoms with Crippen molar-refractivity contribution in [2.75, 3.05) is 22.1 Å². The molecule has 12 nitrogen and oxygen atoms in total. The first-order valence-electron chi connectivity index (χ1n) is 12.4. The number of anilines is 3. The van der Waals surface area contributed by atoms with Gasteiger partial charge >= 0.3 is 0 Å². The van der Waals surface area contributed by atoms with Crippen LogP contribution < -0.4 is 15.5 Å². The second kappa shape index (κ2) is 8.53.